The summed E-state index contributed by atoms with van der Waals surface area (Å²) in [7, 11) is 0. The van der Waals surface area contributed by atoms with Crippen LogP contribution < -0.4 is 10.5 Å². The number of amides is 1. The summed E-state index contributed by atoms with van der Waals surface area (Å²) in [6.45, 7) is 3.25. The Hall–Kier alpha value is -1.75. The normalized spacial score (nSPS) is 19.0. The lowest BCUT2D eigenvalue weighted by atomic mass is 10.1. The van der Waals surface area contributed by atoms with Crippen LogP contribution in [0, 0.1) is 0 Å². The molecule has 0 spiro atoms. The van der Waals surface area contributed by atoms with Crippen LogP contribution >= 0.6 is 0 Å². The number of likely N-dealkylation sites (tertiary alicyclic amines) is 1. The first-order valence-corrected chi connectivity index (χ1v) is 6.12. The van der Waals surface area contributed by atoms with Crippen LogP contribution in [0.2, 0.25) is 0 Å². The van der Waals surface area contributed by atoms with Crippen molar-refractivity contribution in [3.8, 4) is 5.75 Å². The molecule has 18 heavy (non-hydrogen) atoms. The van der Waals surface area contributed by atoms with Crippen molar-refractivity contribution in [3.05, 3.63) is 23.8 Å². The molecule has 1 amide bonds. The lowest BCUT2D eigenvalue weighted by Crippen LogP contribution is -2.30. The number of β-amino-alcohol motifs (C(OH)–C–C–N with tert-alkyl or cyclic N) is 1. The molecule has 2 rings (SSSR count). The second kappa shape index (κ2) is 5.27. The summed E-state index contributed by atoms with van der Waals surface area (Å²) in [5.74, 6) is 0.331. The van der Waals surface area contributed by atoms with Gasteiger partial charge in [-0.15, -0.1) is 0 Å². The van der Waals surface area contributed by atoms with Crippen molar-refractivity contribution in [3.63, 3.8) is 0 Å². The van der Waals surface area contributed by atoms with Gasteiger partial charge in [0, 0.05) is 18.8 Å². The highest BCUT2D eigenvalue weighted by Crippen LogP contribution is 2.27. The number of hydrogen-bond acceptors (Lipinski definition) is 4. The largest absolute Gasteiger partial charge is 0.493 e. The number of aliphatic hydroxyl groups excluding tert-OH is 1. The standard InChI is InChI=1S/C13H18N2O3/c1-2-18-11-5-3-4-10(14)12(11)13(17)15-7-6-9(16)8-15/h3-5,9,16H,2,6-8,14H2,1H3/t9-/m1/s1. The van der Waals surface area contributed by atoms with E-state index in [-0.39, 0.29) is 5.91 Å². The minimum atomic E-state index is -0.436. The Morgan fingerprint density at radius 1 is 1.61 bits per heavy atom. The Balaban J connectivity index is 2.28. The number of rotatable bonds is 3. The van der Waals surface area contributed by atoms with Crippen LogP contribution in [0.15, 0.2) is 18.2 Å². The van der Waals surface area contributed by atoms with Crippen molar-refractivity contribution in [1.82, 2.24) is 4.90 Å². The summed E-state index contributed by atoms with van der Waals surface area (Å²) >= 11 is 0. The van der Waals surface area contributed by atoms with Crippen molar-refractivity contribution in [2.45, 2.75) is 19.4 Å². The molecule has 0 radical (unpaired) electrons. The molecule has 1 aliphatic heterocycles. The third kappa shape index (κ3) is 2.41. The Labute approximate surface area is 106 Å². The molecular formula is C13H18N2O3. The van der Waals surface area contributed by atoms with Gasteiger partial charge in [0.1, 0.15) is 11.3 Å². The maximum atomic E-state index is 12.4. The number of carbonyl (C=O) groups excluding carboxylic acids is 1. The summed E-state index contributed by atoms with van der Waals surface area (Å²) in [6.07, 6.45) is 0.178. The molecule has 0 aromatic heterocycles. The molecule has 0 unspecified atom stereocenters. The Morgan fingerprint density at radius 3 is 3.00 bits per heavy atom. The molecule has 0 bridgehead atoms. The molecular weight excluding hydrogens is 232 g/mol. The van der Waals surface area contributed by atoms with E-state index in [0.717, 1.165) is 0 Å². The van der Waals surface area contributed by atoms with Gasteiger partial charge in [-0.2, -0.15) is 0 Å². The second-order valence-electron chi connectivity index (χ2n) is 4.35. The molecule has 98 valence electrons. The predicted molar refractivity (Wildman–Crippen MR) is 68.6 cm³/mol. The third-order valence-electron chi connectivity index (χ3n) is 3.02. The average molecular weight is 250 g/mol. The van der Waals surface area contributed by atoms with Crippen LogP contribution in [0.4, 0.5) is 5.69 Å². The van der Waals surface area contributed by atoms with Crippen molar-refractivity contribution in [2.24, 2.45) is 0 Å². The monoisotopic (exact) mass is 250 g/mol. The van der Waals surface area contributed by atoms with Crippen molar-refractivity contribution < 1.29 is 14.6 Å². The lowest BCUT2D eigenvalue weighted by molar-refractivity contribution is 0.0762. The maximum Gasteiger partial charge on any atom is 0.259 e. The summed E-state index contributed by atoms with van der Waals surface area (Å²) in [6, 6.07) is 5.18. The van der Waals surface area contributed by atoms with E-state index in [4.69, 9.17) is 10.5 Å². The van der Waals surface area contributed by atoms with Gasteiger partial charge in [0.2, 0.25) is 0 Å². The van der Waals surface area contributed by atoms with Crippen molar-refractivity contribution >= 4 is 11.6 Å². The molecule has 0 saturated carbocycles. The van der Waals surface area contributed by atoms with Gasteiger partial charge >= 0.3 is 0 Å². The van der Waals surface area contributed by atoms with Gasteiger partial charge in [0.05, 0.1) is 12.7 Å². The van der Waals surface area contributed by atoms with E-state index >= 15 is 0 Å². The fourth-order valence-electron chi connectivity index (χ4n) is 2.14. The van der Waals surface area contributed by atoms with E-state index in [1.807, 2.05) is 6.92 Å². The van der Waals surface area contributed by atoms with E-state index < -0.39 is 6.10 Å². The molecule has 0 aliphatic carbocycles. The van der Waals surface area contributed by atoms with Gasteiger partial charge < -0.3 is 20.5 Å². The van der Waals surface area contributed by atoms with Crippen LogP contribution in [0.3, 0.4) is 0 Å². The zero-order chi connectivity index (χ0) is 13.1. The van der Waals surface area contributed by atoms with Gasteiger partial charge in [-0.1, -0.05) is 6.07 Å². The molecule has 5 heteroatoms. The quantitative estimate of drug-likeness (QED) is 0.781. The number of carbonyl (C=O) groups is 1. The zero-order valence-corrected chi connectivity index (χ0v) is 10.4. The van der Waals surface area contributed by atoms with Gasteiger partial charge in [0.25, 0.3) is 5.91 Å². The van der Waals surface area contributed by atoms with Crippen LogP contribution in [0.5, 0.6) is 5.75 Å². The third-order valence-corrected chi connectivity index (χ3v) is 3.02. The molecule has 1 saturated heterocycles. The Bertz CT molecular complexity index is 448. The number of benzene rings is 1. The van der Waals surface area contributed by atoms with Crippen molar-refractivity contribution in [2.75, 3.05) is 25.4 Å². The first kappa shape index (κ1) is 12.7. The number of anilines is 1. The molecule has 5 nitrogen and oxygen atoms in total. The SMILES string of the molecule is CCOc1cccc(N)c1C(=O)N1CC[C@@H](O)C1. The predicted octanol–water partition coefficient (Wildman–Crippen LogP) is 0.874. The highest BCUT2D eigenvalue weighted by molar-refractivity contribution is 6.02. The van der Waals surface area contributed by atoms with E-state index in [1.165, 1.54) is 0 Å². The lowest BCUT2D eigenvalue weighted by Gasteiger charge is -2.19. The zero-order valence-electron chi connectivity index (χ0n) is 10.4. The van der Waals surface area contributed by atoms with E-state index in [9.17, 15) is 9.90 Å². The molecule has 1 fully saturated rings. The molecule has 1 aliphatic rings. The number of nitrogens with zero attached hydrogens (tertiary/aromatic N) is 1. The van der Waals surface area contributed by atoms with Gasteiger partial charge in [-0.05, 0) is 25.5 Å². The van der Waals surface area contributed by atoms with Crippen LogP contribution in [0.1, 0.15) is 23.7 Å². The average Bonchev–Trinajstić information content (AvgIpc) is 2.76. The number of aliphatic hydroxyl groups is 1. The topological polar surface area (TPSA) is 75.8 Å². The summed E-state index contributed by atoms with van der Waals surface area (Å²) in [4.78, 5) is 14.0. The fourth-order valence-corrected chi connectivity index (χ4v) is 2.14. The van der Waals surface area contributed by atoms with Crippen molar-refractivity contribution in [1.29, 1.82) is 0 Å². The minimum Gasteiger partial charge on any atom is -0.493 e. The molecule has 1 aromatic rings. The van der Waals surface area contributed by atoms with Gasteiger partial charge in [-0.25, -0.2) is 0 Å². The van der Waals surface area contributed by atoms with Crippen LogP contribution in [0.25, 0.3) is 0 Å². The summed E-state index contributed by atoms with van der Waals surface area (Å²) < 4.78 is 5.44. The number of nitrogen functional groups attached to an aromatic ring is 1. The Kier molecular flexibility index (Phi) is 3.72. The molecule has 3 N–H and O–H groups in total. The molecule has 1 heterocycles. The van der Waals surface area contributed by atoms with Crippen LogP contribution in [-0.2, 0) is 0 Å². The van der Waals surface area contributed by atoms with E-state index in [2.05, 4.69) is 0 Å². The maximum absolute atomic E-state index is 12.4. The molecule has 1 atom stereocenters. The fraction of sp³-hybridized carbons (Fsp3) is 0.462. The highest BCUT2D eigenvalue weighted by atomic mass is 16.5. The van der Waals surface area contributed by atoms with Crippen LogP contribution in [-0.4, -0.2) is 41.7 Å². The van der Waals surface area contributed by atoms with Gasteiger partial charge in [-0.3, -0.25) is 4.79 Å². The smallest absolute Gasteiger partial charge is 0.259 e. The number of hydrogen-bond donors (Lipinski definition) is 2. The highest BCUT2D eigenvalue weighted by Gasteiger charge is 2.28. The number of nitrogens with two attached hydrogens (primary N) is 1. The Morgan fingerprint density at radius 2 is 2.39 bits per heavy atom. The number of ether oxygens (including phenoxy) is 1. The minimum absolute atomic E-state index is 0.173. The summed E-state index contributed by atoms with van der Waals surface area (Å²) in [5, 5.41) is 9.48. The van der Waals surface area contributed by atoms with E-state index in [0.29, 0.717) is 43.1 Å². The van der Waals surface area contributed by atoms with E-state index in [1.54, 1.807) is 23.1 Å². The summed E-state index contributed by atoms with van der Waals surface area (Å²) in [5.41, 5.74) is 6.67. The second-order valence-corrected chi connectivity index (χ2v) is 4.35. The molecule has 1 aromatic carbocycles. The first-order valence-electron chi connectivity index (χ1n) is 6.12. The van der Waals surface area contributed by atoms with Gasteiger partial charge in [0.15, 0.2) is 0 Å². The first-order chi connectivity index (χ1) is 8.63.